The molecule has 18 heavy (non-hydrogen) atoms. The predicted molar refractivity (Wildman–Crippen MR) is 66.2 cm³/mol. The van der Waals surface area contributed by atoms with Gasteiger partial charge in [0.15, 0.2) is 0 Å². The molecule has 1 amide bonds. The fraction of sp³-hybridized carbons (Fsp3) is 0.308. The standard InChI is InChI=1S/C13H14N2O3/c16-12-7-6-11(10-4-2-1-3-5-10)14-15(12)9-8-13(17)18/h1-5H,6-9H2,(H,17,18). The lowest BCUT2D eigenvalue weighted by molar-refractivity contribution is -0.138. The van der Waals surface area contributed by atoms with Gasteiger partial charge in [-0.05, 0) is 5.56 Å². The van der Waals surface area contributed by atoms with Gasteiger partial charge in [-0.1, -0.05) is 30.3 Å². The first-order valence-electron chi connectivity index (χ1n) is 5.82. The molecule has 1 aliphatic rings. The summed E-state index contributed by atoms with van der Waals surface area (Å²) in [5.41, 5.74) is 1.81. The van der Waals surface area contributed by atoms with E-state index >= 15 is 0 Å². The van der Waals surface area contributed by atoms with E-state index < -0.39 is 5.97 Å². The van der Waals surface area contributed by atoms with E-state index in [0.717, 1.165) is 11.3 Å². The lowest BCUT2D eigenvalue weighted by atomic mass is 10.0. The molecule has 0 radical (unpaired) electrons. The Labute approximate surface area is 105 Å². The fourth-order valence-corrected chi connectivity index (χ4v) is 1.81. The van der Waals surface area contributed by atoms with E-state index in [4.69, 9.17) is 5.11 Å². The van der Waals surface area contributed by atoms with Gasteiger partial charge in [-0.25, -0.2) is 5.01 Å². The van der Waals surface area contributed by atoms with Crippen molar-refractivity contribution in [2.45, 2.75) is 19.3 Å². The van der Waals surface area contributed by atoms with Gasteiger partial charge < -0.3 is 5.11 Å². The van der Waals surface area contributed by atoms with Crippen molar-refractivity contribution < 1.29 is 14.7 Å². The van der Waals surface area contributed by atoms with Gasteiger partial charge in [-0.15, -0.1) is 0 Å². The molecule has 1 N–H and O–H groups in total. The molecule has 5 nitrogen and oxygen atoms in total. The molecule has 0 bridgehead atoms. The SMILES string of the molecule is O=C(O)CCN1N=C(c2ccccc2)CCC1=O. The summed E-state index contributed by atoms with van der Waals surface area (Å²) in [7, 11) is 0. The second-order valence-electron chi connectivity index (χ2n) is 4.07. The summed E-state index contributed by atoms with van der Waals surface area (Å²) in [6, 6.07) is 9.61. The molecule has 0 aliphatic carbocycles. The Morgan fingerprint density at radius 1 is 1.28 bits per heavy atom. The number of nitrogens with zero attached hydrogens (tertiary/aromatic N) is 2. The normalized spacial score (nSPS) is 15.4. The fourth-order valence-electron chi connectivity index (χ4n) is 1.81. The van der Waals surface area contributed by atoms with Gasteiger partial charge in [0.1, 0.15) is 0 Å². The van der Waals surface area contributed by atoms with Crippen molar-refractivity contribution >= 4 is 17.6 Å². The number of benzene rings is 1. The molecule has 0 fully saturated rings. The number of carbonyl (C=O) groups excluding carboxylic acids is 1. The van der Waals surface area contributed by atoms with E-state index in [-0.39, 0.29) is 18.9 Å². The monoisotopic (exact) mass is 246 g/mol. The minimum absolute atomic E-state index is 0.0860. The minimum atomic E-state index is -0.926. The first-order valence-corrected chi connectivity index (χ1v) is 5.82. The van der Waals surface area contributed by atoms with Crippen LogP contribution in [0.5, 0.6) is 0 Å². The Balaban J connectivity index is 2.14. The number of carbonyl (C=O) groups is 2. The summed E-state index contributed by atoms with van der Waals surface area (Å²) in [6.45, 7) is 0.129. The highest BCUT2D eigenvalue weighted by molar-refractivity contribution is 6.04. The molecule has 1 aromatic carbocycles. The lowest BCUT2D eigenvalue weighted by Gasteiger charge is -2.23. The molecule has 5 heteroatoms. The Morgan fingerprint density at radius 2 is 2.00 bits per heavy atom. The predicted octanol–water partition coefficient (Wildman–Crippen LogP) is 1.49. The first-order chi connectivity index (χ1) is 8.66. The van der Waals surface area contributed by atoms with Crippen LogP contribution in [0.15, 0.2) is 35.4 Å². The van der Waals surface area contributed by atoms with Crippen LogP contribution in [0.1, 0.15) is 24.8 Å². The summed E-state index contributed by atoms with van der Waals surface area (Å²) >= 11 is 0. The van der Waals surface area contributed by atoms with Crippen molar-refractivity contribution in [1.29, 1.82) is 0 Å². The third-order valence-corrected chi connectivity index (χ3v) is 2.75. The number of aliphatic carboxylic acids is 1. The number of hydrogen-bond donors (Lipinski definition) is 1. The van der Waals surface area contributed by atoms with Gasteiger partial charge in [-0.3, -0.25) is 9.59 Å². The Hall–Kier alpha value is -2.17. The van der Waals surface area contributed by atoms with Crippen LogP contribution in [-0.4, -0.2) is 34.2 Å². The summed E-state index contributed by atoms with van der Waals surface area (Å²) in [4.78, 5) is 22.1. The third-order valence-electron chi connectivity index (χ3n) is 2.75. The largest absolute Gasteiger partial charge is 0.481 e. The van der Waals surface area contributed by atoms with E-state index in [0.29, 0.717) is 12.8 Å². The van der Waals surface area contributed by atoms with Crippen molar-refractivity contribution in [2.75, 3.05) is 6.54 Å². The topological polar surface area (TPSA) is 70.0 Å². The zero-order chi connectivity index (χ0) is 13.0. The zero-order valence-electron chi connectivity index (χ0n) is 9.87. The molecule has 0 atom stereocenters. The molecular weight excluding hydrogens is 232 g/mol. The average molecular weight is 246 g/mol. The number of carboxylic acids is 1. The van der Waals surface area contributed by atoms with Crippen molar-refractivity contribution in [3.8, 4) is 0 Å². The number of carboxylic acid groups (broad SMARTS) is 1. The highest BCUT2D eigenvalue weighted by Gasteiger charge is 2.21. The number of amides is 1. The van der Waals surface area contributed by atoms with Crippen LogP contribution in [0.4, 0.5) is 0 Å². The highest BCUT2D eigenvalue weighted by atomic mass is 16.4. The molecule has 0 saturated carbocycles. The molecule has 0 aromatic heterocycles. The molecule has 0 unspecified atom stereocenters. The van der Waals surface area contributed by atoms with Crippen LogP contribution >= 0.6 is 0 Å². The van der Waals surface area contributed by atoms with Gasteiger partial charge in [-0.2, -0.15) is 5.10 Å². The Morgan fingerprint density at radius 3 is 2.67 bits per heavy atom. The maximum absolute atomic E-state index is 11.6. The minimum Gasteiger partial charge on any atom is -0.481 e. The van der Waals surface area contributed by atoms with E-state index in [1.54, 1.807) is 0 Å². The Kier molecular flexibility index (Phi) is 3.72. The van der Waals surface area contributed by atoms with Crippen LogP contribution in [0, 0.1) is 0 Å². The smallest absolute Gasteiger partial charge is 0.305 e. The molecule has 0 saturated heterocycles. The summed E-state index contributed by atoms with van der Waals surface area (Å²) in [5.74, 6) is -1.04. The van der Waals surface area contributed by atoms with Gasteiger partial charge >= 0.3 is 5.97 Å². The van der Waals surface area contributed by atoms with Crippen molar-refractivity contribution in [3.63, 3.8) is 0 Å². The van der Waals surface area contributed by atoms with Crippen molar-refractivity contribution in [2.24, 2.45) is 5.10 Å². The van der Waals surface area contributed by atoms with Crippen LogP contribution in [0.2, 0.25) is 0 Å². The first kappa shape index (κ1) is 12.3. The molecule has 1 aromatic rings. The van der Waals surface area contributed by atoms with Gasteiger partial charge in [0, 0.05) is 12.8 Å². The summed E-state index contributed by atoms with van der Waals surface area (Å²) in [5, 5.41) is 14.1. The van der Waals surface area contributed by atoms with Crippen LogP contribution in [-0.2, 0) is 9.59 Å². The van der Waals surface area contributed by atoms with Crippen molar-refractivity contribution in [1.82, 2.24) is 5.01 Å². The van der Waals surface area contributed by atoms with Crippen LogP contribution < -0.4 is 0 Å². The van der Waals surface area contributed by atoms with E-state index in [1.165, 1.54) is 5.01 Å². The lowest BCUT2D eigenvalue weighted by Crippen LogP contribution is -2.33. The van der Waals surface area contributed by atoms with Gasteiger partial charge in [0.2, 0.25) is 5.91 Å². The Bertz CT molecular complexity index is 482. The number of hydrogen-bond acceptors (Lipinski definition) is 3. The highest BCUT2D eigenvalue weighted by Crippen LogP contribution is 2.15. The maximum Gasteiger partial charge on any atom is 0.305 e. The number of hydrazone groups is 1. The maximum atomic E-state index is 11.6. The van der Waals surface area contributed by atoms with Gasteiger partial charge in [0.05, 0.1) is 18.7 Å². The summed E-state index contributed by atoms with van der Waals surface area (Å²) in [6.07, 6.45) is 0.900. The summed E-state index contributed by atoms with van der Waals surface area (Å²) < 4.78 is 0. The molecule has 1 aliphatic heterocycles. The van der Waals surface area contributed by atoms with Crippen LogP contribution in [0.25, 0.3) is 0 Å². The molecule has 0 spiro atoms. The van der Waals surface area contributed by atoms with E-state index in [9.17, 15) is 9.59 Å². The second-order valence-corrected chi connectivity index (χ2v) is 4.07. The van der Waals surface area contributed by atoms with E-state index in [2.05, 4.69) is 5.10 Å². The number of rotatable bonds is 4. The van der Waals surface area contributed by atoms with Gasteiger partial charge in [0.25, 0.3) is 0 Å². The molecule has 1 heterocycles. The molecule has 2 rings (SSSR count). The quantitative estimate of drug-likeness (QED) is 0.875. The average Bonchev–Trinajstić information content (AvgIpc) is 2.38. The molecule has 94 valence electrons. The van der Waals surface area contributed by atoms with E-state index in [1.807, 2.05) is 30.3 Å². The molecular formula is C13H14N2O3. The van der Waals surface area contributed by atoms with Crippen LogP contribution in [0.3, 0.4) is 0 Å². The third kappa shape index (κ3) is 2.94. The second kappa shape index (κ2) is 5.44. The zero-order valence-corrected chi connectivity index (χ0v) is 9.87. The van der Waals surface area contributed by atoms with Crippen molar-refractivity contribution in [3.05, 3.63) is 35.9 Å².